The van der Waals surface area contributed by atoms with E-state index in [0.717, 1.165) is 11.3 Å². The predicted octanol–water partition coefficient (Wildman–Crippen LogP) is 1.64. The highest BCUT2D eigenvalue weighted by Crippen LogP contribution is 2.06. The molecule has 0 aliphatic carbocycles. The minimum absolute atomic E-state index is 0.332. The molecule has 1 amide bonds. The van der Waals surface area contributed by atoms with Gasteiger partial charge in [0.25, 0.3) is 5.91 Å². The van der Waals surface area contributed by atoms with E-state index < -0.39 is 11.9 Å². The summed E-state index contributed by atoms with van der Waals surface area (Å²) in [4.78, 5) is 31.6. The number of hydroxylamine groups is 1. The molecule has 0 radical (unpaired) electrons. The van der Waals surface area contributed by atoms with E-state index in [2.05, 4.69) is 15.3 Å². The fourth-order valence-electron chi connectivity index (χ4n) is 1.11. The molecule has 1 N–H and O–H groups in total. The molecule has 0 atom stereocenters. The Morgan fingerprint density at radius 2 is 2.00 bits per heavy atom. The number of carbonyl (C=O) groups excluding carboxylic acids is 2. The van der Waals surface area contributed by atoms with Crippen LogP contribution >= 0.6 is 11.3 Å². The lowest BCUT2D eigenvalue weighted by molar-refractivity contribution is 0.0235. The van der Waals surface area contributed by atoms with Gasteiger partial charge < -0.3 is 4.84 Å². The minimum Gasteiger partial charge on any atom is -0.334 e. The molecule has 2 rings (SSSR count). The van der Waals surface area contributed by atoms with E-state index in [1.807, 2.05) is 0 Å². The summed E-state index contributed by atoms with van der Waals surface area (Å²) in [5.41, 5.74) is 4.01. The Bertz CT molecular complexity index is 511. The van der Waals surface area contributed by atoms with Gasteiger partial charge in [0.15, 0.2) is 0 Å². The lowest BCUT2D eigenvalue weighted by Gasteiger charge is -2.03. The van der Waals surface area contributed by atoms with Crippen LogP contribution in [0.3, 0.4) is 0 Å². The maximum atomic E-state index is 11.5. The molecule has 0 aliphatic heterocycles. The Balaban J connectivity index is 1.91. The van der Waals surface area contributed by atoms with Crippen molar-refractivity contribution in [2.24, 2.45) is 0 Å². The maximum absolute atomic E-state index is 11.5. The van der Waals surface area contributed by atoms with Crippen molar-refractivity contribution in [3.63, 3.8) is 0 Å². The third-order valence-electron chi connectivity index (χ3n) is 1.91. The van der Waals surface area contributed by atoms with Crippen LogP contribution in [-0.4, -0.2) is 16.9 Å². The molecule has 2 aromatic rings. The van der Waals surface area contributed by atoms with Crippen LogP contribution in [0, 0.1) is 0 Å². The Kier molecular flexibility index (Phi) is 3.46. The number of nitrogens with zero attached hydrogens (tertiary/aromatic N) is 1. The number of hydrogen-bond acceptors (Lipinski definition) is 5. The maximum Gasteiger partial charge on any atom is 0.374 e. The number of carbonyl (C=O) groups is 2. The average molecular weight is 248 g/mol. The summed E-state index contributed by atoms with van der Waals surface area (Å²) >= 11 is 1.14. The first-order valence-electron chi connectivity index (χ1n) is 4.72. The molecule has 0 saturated carbocycles. The number of thiazole rings is 1. The van der Waals surface area contributed by atoms with Gasteiger partial charge in [0.1, 0.15) is 4.88 Å². The van der Waals surface area contributed by atoms with E-state index in [-0.39, 0.29) is 0 Å². The Hall–Kier alpha value is -2.21. The van der Waals surface area contributed by atoms with Gasteiger partial charge in [0, 0.05) is 5.56 Å². The van der Waals surface area contributed by atoms with Crippen molar-refractivity contribution in [3.8, 4) is 0 Å². The van der Waals surface area contributed by atoms with Gasteiger partial charge in [-0.05, 0) is 12.1 Å². The largest absolute Gasteiger partial charge is 0.374 e. The van der Waals surface area contributed by atoms with Crippen molar-refractivity contribution in [2.45, 2.75) is 0 Å². The molecule has 0 unspecified atom stereocenters. The van der Waals surface area contributed by atoms with E-state index in [1.54, 1.807) is 30.3 Å². The van der Waals surface area contributed by atoms with Crippen LogP contribution in [0.5, 0.6) is 0 Å². The second-order valence-corrected chi connectivity index (χ2v) is 3.94. The first-order valence-corrected chi connectivity index (χ1v) is 5.60. The quantitative estimate of drug-likeness (QED) is 0.820. The zero-order valence-corrected chi connectivity index (χ0v) is 9.44. The molecule has 6 heteroatoms. The third kappa shape index (κ3) is 2.88. The van der Waals surface area contributed by atoms with Crippen molar-refractivity contribution in [2.75, 3.05) is 0 Å². The number of nitrogens with one attached hydrogen (secondary N) is 1. The van der Waals surface area contributed by atoms with Crippen LogP contribution in [0.15, 0.2) is 42.0 Å². The predicted molar refractivity (Wildman–Crippen MR) is 61.4 cm³/mol. The average Bonchev–Trinajstić information content (AvgIpc) is 2.90. The fraction of sp³-hybridized carbons (Fsp3) is 0. The molecule has 0 aliphatic rings. The van der Waals surface area contributed by atoms with Crippen LogP contribution in [0.4, 0.5) is 0 Å². The van der Waals surface area contributed by atoms with Crippen LogP contribution < -0.4 is 5.48 Å². The van der Waals surface area contributed by atoms with E-state index in [9.17, 15) is 9.59 Å². The summed E-state index contributed by atoms with van der Waals surface area (Å²) in [7, 11) is 0. The van der Waals surface area contributed by atoms with E-state index >= 15 is 0 Å². The van der Waals surface area contributed by atoms with E-state index in [0.29, 0.717) is 10.4 Å². The molecule has 0 spiro atoms. The molecule has 0 bridgehead atoms. The molecule has 0 saturated heterocycles. The number of aromatic nitrogens is 1. The summed E-state index contributed by atoms with van der Waals surface area (Å²) in [5.74, 6) is -1.10. The van der Waals surface area contributed by atoms with Crippen molar-refractivity contribution in [3.05, 3.63) is 52.5 Å². The van der Waals surface area contributed by atoms with E-state index in [4.69, 9.17) is 0 Å². The van der Waals surface area contributed by atoms with Crippen molar-refractivity contribution >= 4 is 23.2 Å². The summed E-state index contributed by atoms with van der Waals surface area (Å²) in [5, 5.41) is 0. The van der Waals surface area contributed by atoms with Gasteiger partial charge in [-0.25, -0.2) is 4.79 Å². The van der Waals surface area contributed by atoms with Gasteiger partial charge in [0.05, 0.1) is 11.7 Å². The number of amides is 1. The fourth-order valence-corrected chi connectivity index (χ4v) is 1.60. The topological polar surface area (TPSA) is 68.3 Å². The number of hydrogen-bond donors (Lipinski definition) is 1. The molecule has 5 nitrogen and oxygen atoms in total. The highest BCUT2D eigenvalue weighted by molar-refractivity contribution is 7.11. The minimum atomic E-state index is -0.628. The molecule has 17 heavy (non-hydrogen) atoms. The van der Waals surface area contributed by atoms with Crippen LogP contribution in [0.25, 0.3) is 0 Å². The molecular weight excluding hydrogens is 240 g/mol. The van der Waals surface area contributed by atoms with Crippen molar-refractivity contribution in [1.82, 2.24) is 10.5 Å². The molecule has 1 heterocycles. The second kappa shape index (κ2) is 5.22. The number of rotatable bonds is 2. The SMILES string of the molecule is O=C(NOC(=O)c1cncs1)c1ccccc1. The monoisotopic (exact) mass is 248 g/mol. The van der Waals surface area contributed by atoms with E-state index in [1.165, 1.54) is 11.7 Å². The van der Waals surface area contributed by atoms with Gasteiger partial charge in [-0.15, -0.1) is 11.3 Å². The lowest BCUT2D eigenvalue weighted by atomic mass is 10.2. The zero-order valence-electron chi connectivity index (χ0n) is 8.62. The summed E-state index contributed by atoms with van der Waals surface area (Å²) in [6, 6.07) is 8.48. The molecule has 0 fully saturated rings. The van der Waals surface area contributed by atoms with Gasteiger partial charge in [-0.3, -0.25) is 9.78 Å². The summed E-state index contributed by atoms with van der Waals surface area (Å²) in [6.07, 6.45) is 1.38. The Morgan fingerprint density at radius 3 is 2.65 bits per heavy atom. The van der Waals surface area contributed by atoms with Crippen molar-refractivity contribution < 1.29 is 14.4 Å². The lowest BCUT2D eigenvalue weighted by Crippen LogP contribution is -2.26. The molecular formula is C11H8N2O3S. The molecule has 1 aromatic heterocycles. The molecule has 86 valence electrons. The van der Waals surface area contributed by atoms with Crippen LogP contribution in [0.1, 0.15) is 20.0 Å². The Morgan fingerprint density at radius 1 is 1.24 bits per heavy atom. The van der Waals surface area contributed by atoms with Gasteiger partial charge in [-0.2, -0.15) is 5.48 Å². The smallest absolute Gasteiger partial charge is 0.334 e. The normalized spacial score (nSPS) is 9.65. The van der Waals surface area contributed by atoms with Gasteiger partial charge >= 0.3 is 5.97 Å². The summed E-state index contributed by atoms with van der Waals surface area (Å²) in [6.45, 7) is 0. The molecule has 1 aromatic carbocycles. The second-order valence-electron chi connectivity index (χ2n) is 3.05. The number of benzene rings is 1. The third-order valence-corrected chi connectivity index (χ3v) is 2.66. The van der Waals surface area contributed by atoms with Crippen LogP contribution in [-0.2, 0) is 4.84 Å². The van der Waals surface area contributed by atoms with Gasteiger partial charge in [-0.1, -0.05) is 18.2 Å². The Labute approximate surface area is 101 Å². The first-order chi connectivity index (χ1) is 8.27. The highest BCUT2D eigenvalue weighted by atomic mass is 32.1. The van der Waals surface area contributed by atoms with Crippen molar-refractivity contribution in [1.29, 1.82) is 0 Å². The van der Waals surface area contributed by atoms with Crippen LogP contribution in [0.2, 0.25) is 0 Å². The van der Waals surface area contributed by atoms with Gasteiger partial charge in [0.2, 0.25) is 0 Å². The summed E-state index contributed by atoms with van der Waals surface area (Å²) < 4.78 is 0. The standard InChI is InChI=1S/C11H8N2O3S/c14-10(8-4-2-1-3-5-8)13-16-11(15)9-6-12-7-17-9/h1-7H,(H,13,14). The first kappa shape index (κ1) is 11.3. The zero-order chi connectivity index (χ0) is 12.1. The highest BCUT2D eigenvalue weighted by Gasteiger charge is 2.11.